The highest BCUT2D eigenvalue weighted by molar-refractivity contribution is 6.21. The van der Waals surface area contributed by atoms with Crippen LogP contribution in [0.25, 0.3) is 66.6 Å². The van der Waals surface area contributed by atoms with Gasteiger partial charge in [0.05, 0.1) is 5.69 Å². The van der Waals surface area contributed by atoms with E-state index in [0.717, 1.165) is 29.7 Å². The minimum Gasteiger partial charge on any atom is -0.264 e. The van der Waals surface area contributed by atoms with Crippen LogP contribution in [0.2, 0.25) is 0 Å². The average Bonchev–Trinajstić information content (AvgIpc) is 3.07. The second kappa shape index (κ2) is 10.5. The second-order valence-electron chi connectivity index (χ2n) is 11.4. The standard InChI is InChI=1S/C41H30N2/c1-27-9-2-3-11-34(27)41-37-14-6-4-12-35(37)40(36-13-5-7-15-38(36)41)32-19-17-28-23-31(18-16-29(28)24-32)39-25-30(20-22-43-39)33-10-8-21-42-26-33/h2-15,17,19-26H,16,18H2,1H3. The van der Waals surface area contributed by atoms with Gasteiger partial charge in [0.2, 0.25) is 0 Å². The first-order valence-electron chi connectivity index (χ1n) is 14.9. The first-order chi connectivity index (χ1) is 21.2. The molecule has 2 aromatic heterocycles. The molecule has 0 saturated heterocycles. The van der Waals surface area contributed by atoms with Crippen molar-refractivity contribution in [2.24, 2.45) is 0 Å². The molecular formula is C41H30N2. The predicted molar refractivity (Wildman–Crippen MR) is 181 cm³/mol. The van der Waals surface area contributed by atoms with Crippen LogP contribution >= 0.6 is 0 Å². The van der Waals surface area contributed by atoms with Gasteiger partial charge in [-0.3, -0.25) is 9.97 Å². The molecule has 0 spiro atoms. The van der Waals surface area contributed by atoms with E-state index in [4.69, 9.17) is 4.98 Å². The number of hydrogen-bond donors (Lipinski definition) is 0. The largest absolute Gasteiger partial charge is 0.264 e. The lowest BCUT2D eigenvalue weighted by Crippen LogP contribution is -2.01. The molecule has 0 saturated carbocycles. The molecule has 8 rings (SSSR count). The number of rotatable bonds is 4. The molecular weight excluding hydrogens is 520 g/mol. The van der Waals surface area contributed by atoms with Crippen LogP contribution in [0.3, 0.4) is 0 Å². The Labute approximate surface area is 252 Å². The summed E-state index contributed by atoms with van der Waals surface area (Å²) in [6.45, 7) is 2.21. The summed E-state index contributed by atoms with van der Waals surface area (Å²) in [5.41, 5.74) is 13.7. The number of benzene rings is 5. The highest BCUT2D eigenvalue weighted by Crippen LogP contribution is 2.45. The summed E-state index contributed by atoms with van der Waals surface area (Å²) >= 11 is 0. The van der Waals surface area contributed by atoms with Crippen molar-refractivity contribution in [3.8, 4) is 33.4 Å². The van der Waals surface area contributed by atoms with Gasteiger partial charge in [0.25, 0.3) is 0 Å². The Hall–Kier alpha value is -5.34. The fourth-order valence-corrected chi connectivity index (χ4v) is 6.75. The van der Waals surface area contributed by atoms with Crippen LogP contribution in [0, 0.1) is 6.92 Å². The molecule has 0 aliphatic heterocycles. The zero-order chi connectivity index (χ0) is 28.8. The first kappa shape index (κ1) is 25.4. The number of hydrogen-bond acceptors (Lipinski definition) is 2. The molecule has 2 heteroatoms. The van der Waals surface area contributed by atoms with Crippen LogP contribution in [0.5, 0.6) is 0 Å². The zero-order valence-corrected chi connectivity index (χ0v) is 24.1. The highest BCUT2D eigenvalue weighted by Gasteiger charge is 2.19. The molecule has 0 N–H and O–H groups in total. The molecule has 2 nitrogen and oxygen atoms in total. The summed E-state index contributed by atoms with van der Waals surface area (Å²) in [5, 5.41) is 5.18. The van der Waals surface area contributed by atoms with Crippen molar-refractivity contribution >= 4 is 33.2 Å². The fourth-order valence-electron chi connectivity index (χ4n) is 6.75. The van der Waals surface area contributed by atoms with Gasteiger partial charge in [-0.25, -0.2) is 0 Å². The summed E-state index contributed by atoms with van der Waals surface area (Å²) in [4.78, 5) is 9.04. The van der Waals surface area contributed by atoms with E-state index in [9.17, 15) is 0 Å². The van der Waals surface area contributed by atoms with Gasteiger partial charge < -0.3 is 0 Å². The smallest absolute Gasteiger partial charge is 0.0668 e. The molecule has 0 fully saturated rings. The zero-order valence-electron chi connectivity index (χ0n) is 24.1. The van der Waals surface area contributed by atoms with Crippen LogP contribution in [0.1, 0.15) is 28.8 Å². The lowest BCUT2D eigenvalue weighted by atomic mass is 9.83. The van der Waals surface area contributed by atoms with Crippen LogP contribution < -0.4 is 0 Å². The van der Waals surface area contributed by atoms with Crippen molar-refractivity contribution in [1.29, 1.82) is 0 Å². The van der Waals surface area contributed by atoms with Gasteiger partial charge in [-0.05, 0) is 116 Å². The van der Waals surface area contributed by atoms with Gasteiger partial charge in [0.15, 0.2) is 0 Å². The predicted octanol–water partition coefficient (Wildman–Crippen LogP) is 10.6. The maximum absolute atomic E-state index is 4.75. The number of fused-ring (bicyclic) bond motifs is 3. The van der Waals surface area contributed by atoms with E-state index in [0.29, 0.717) is 0 Å². The molecule has 7 aromatic rings. The average molecular weight is 551 g/mol. The van der Waals surface area contributed by atoms with Gasteiger partial charge >= 0.3 is 0 Å². The quantitative estimate of drug-likeness (QED) is 0.204. The number of nitrogens with zero attached hydrogens (tertiary/aromatic N) is 2. The molecule has 0 unspecified atom stereocenters. The third-order valence-electron chi connectivity index (χ3n) is 8.85. The normalized spacial score (nSPS) is 12.7. The first-order valence-corrected chi connectivity index (χ1v) is 14.9. The monoisotopic (exact) mass is 550 g/mol. The third-order valence-corrected chi connectivity index (χ3v) is 8.85. The lowest BCUT2D eigenvalue weighted by molar-refractivity contribution is 0.992. The molecule has 0 bridgehead atoms. The number of allylic oxidation sites excluding steroid dienone is 1. The summed E-state index contributed by atoms with van der Waals surface area (Å²) in [7, 11) is 0. The van der Waals surface area contributed by atoms with Gasteiger partial charge in [0.1, 0.15) is 0 Å². The summed E-state index contributed by atoms with van der Waals surface area (Å²) in [5.74, 6) is 0. The Balaban J connectivity index is 1.26. The van der Waals surface area contributed by atoms with Crippen LogP contribution in [-0.4, -0.2) is 9.97 Å². The number of aromatic nitrogens is 2. The minimum atomic E-state index is 0.966. The Morgan fingerprint density at radius 1 is 0.558 bits per heavy atom. The molecule has 5 aromatic carbocycles. The van der Waals surface area contributed by atoms with Crippen molar-refractivity contribution in [3.05, 3.63) is 156 Å². The maximum Gasteiger partial charge on any atom is 0.0668 e. The second-order valence-corrected chi connectivity index (χ2v) is 11.4. The molecule has 0 radical (unpaired) electrons. The van der Waals surface area contributed by atoms with Gasteiger partial charge in [0, 0.05) is 24.2 Å². The molecule has 43 heavy (non-hydrogen) atoms. The van der Waals surface area contributed by atoms with Crippen molar-refractivity contribution in [2.75, 3.05) is 0 Å². The van der Waals surface area contributed by atoms with E-state index in [-0.39, 0.29) is 0 Å². The molecule has 204 valence electrons. The topological polar surface area (TPSA) is 25.8 Å². The Morgan fingerprint density at radius 3 is 2.00 bits per heavy atom. The van der Waals surface area contributed by atoms with Crippen molar-refractivity contribution in [2.45, 2.75) is 19.8 Å². The molecule has 0 atom stereocenters. The van der Waals surface area contributed by atoms with Gasteiger partial charge in [-0.2, -0.15) is 0 Å². The molecule has 2 heterocycles. The van der Waals surface area contributed by atoms with Crippen molar-refractivity contribution < 1.29 is 0 Å². The number of aryl methyl sites for hydroxylation is 2. The van der Waals surface area contributed by atoms with Crippen LogP contribution in [-0.2, 0) is 6.42 Å². The lowest BCUT2D eigenvalue weighted by Gasteiger charge is -2.21. The Morgan fingerprint density at radius 2 is 1.28 bits per heavy atom. The minimum absolute atomic E-state index is 0.966. The maximum atomic E-state index is 4.75. The fraction of sp³-hybridized carbons (Fsp3) is 0.0732. The van der Waals surface area contributed by atoms with E-state index >= 15 is 0 Å². The number of pyridine rings is 2. The van der Waals surface area contributed by atoms with Crippen molar-refractivity contribution in [3.63, 3.8) is 0 Å². The van der Waals surface area contributed by atoms with Crippen LogP contribution in [0.15, 0.2) is 134 Å². The van der Waals surface area contributed by atoms with Gasteiger partial charge in [-0.15, -0.1) is 0 Å². The van der Waals surface area contributed by atoms with Gasteiger partial charge in [-0.1, -0.05) is 97.1 Å². The SMILES string of the molecule is Cc1ccccc1-c1c2ccccc2c(-c2ccc3c(c2)CCC(c2cc(-c4cccnc4)ccn2)=C3)c2ccccc12. The molecule has 0 amide bonds. The summed E-state index contributed by atoms with van der Waals surface area (Å²) in [6.07, 6.45) is 9.92. The Bertz CT molecular complexity index is 2130. The van der Waals surface area contributed by atoms with E-state index in [1.807, 2.05) is 24.7 Å². The highest BCUT2D eigenvalue weighted by atomic mass is 14.7. The van der Waals surface area contributed by atoms with Crippen LogP contribution in [0.4, 0.5) is 0 Å². The van der Waals surface area contributed by atoms with E-state index < -0.39 is 0 Å². The summed E-state index contributed by atoms with van der Waals surface area (Å²) < 4.78 is 0. The Kier molecular flexibility index (Phi) is 6.19. The van der Waals surface area contributed by atoms with Crippen molar-refractivity contribution in [1.82, 2.24) is 9.97 Å². The van der Waals surface area contributed by atoms with E-state index in [2.05, 4.69) is 127 Å². The molecule has 1 aliphatic carbocycles. The summed E-state index contributed by atoms with van der Waals surface area (Å²) in [6, 6.07) is 41.9. The van der Waals surface area contributed by atoms with E-state index in [1.54, 1.807) is 0 Å². The van der Waals surface area contributed by atoms with E-state index in [1.165, 1.54) is 66.1 Å². The third kappa shape index (κ3) is 4.43. The molecule has 1 aliphatic rings.